The van der Waals surface area contributed by atoms with Crippen molar-refractivity contribution in [2.75, 3.05) is 13.6 Å². The van der Waals surface area contributed by atoms with Gasteiger partial charge >= 0.3 is 0 Å². The normalized spacial score (nSPS) is 14.7. The topological polar surface area (TPSA) is 58.0 Å². The third-order valence-electron chi connectivity index (χ3n) is 9.32. The quantitative estimate of drug-likeness (QED) is 0.108. The third-order valence-corrected chi connectivity index (χ3v) is 9.32. The molecule has 0 saturated heterocycles. The monoisotopic (exact) mass is 641 g/mol. The number of imidazole rings is 1. The minimum absolute atomic E-state index is 0.256. The molecule has 3 aliphatic rings. The SMILES string of the molecule is C#CC/C=C\C=C(/C)c1nc(-c2ccc3c(c2)CCC3)n(CCCC)c1CN(Cc1ccc2c(c1)OCO2)Cc1ccc2c(c1)OCO2. The first-order valence-electron chi connectivity index (χ1n) is 17.1. The molecular weight excluding hydrogens is 598 g/mol. The fraction of sp³-hybridized carbons (Fsp3) is 0.341. The fourth-order valence-corrected chi connectivity index (χ4v) is 6.85. The van der Waals surface area contributed by atoms with E-state index in [9.17, 15) is 0 Å². The molecule has 0 amide bonds. The van der Waals surface area contributed by atoms with Crippen LogP contribution >= 0.6 is 0 Å². The molecule has 48 heavy (non-hydrogen) atoms. The maximum Gasteiger partial charge on any atom is 0.231 e. The van der Waals surface area contributed by atoms with E-state index in [2.05, 4.69) is 83.9 Å². The number of terminal acetylenes is 1. The van der Waals surface area contributed by atoms with Gasteiger partial charge in [-0.1, -0.05) is 55.8 Å². The summed E-state index contributed by atoms with van der Waals surface area (Å²) >= 11 is 0. The van der Waals surface area contributed by atoms with Gasteiger partial charge in [-0.15, -0.1) is 12.3 Å². The van der Waals surface area contributed by atoms with Crippen molar-refractivity contribution in [1.29, 1.82) is 0 Å². The summed E-state index contributed by atoms with van der Waals surface area (Å²) in [6, 6.07) is 19.4. The van der Waals surface area contributed by atoms with Crippen molar-refractivity contribution < 1.29 is 18.9 Å². The number of benzene rings is 3. The van der Waals surface area contributed by atoms with Crippen LogP contribution < -0.4 is 18.9 Å². The van der Waals surface area contributed by atoms with Gasteiger partial charge in [-0.05, 0) is 90.8 Å². The standard InChI is InChI=1S/C41H43N3O4/c1-4-6-8-9-11-29(3)40-35(44(20-7-5-2)41(42-40)34-17-16-32-12-10-13-33(32)23-34)26-43(24-30-14-18-36-38(21-30)47-27-45-36)25-31-15-19-37-39(22-31)48-28-46-37/h1,8-9,11,14-19,21-23H,5-7,10,12-13,20,24-28H2,2-3H3/b9-8-,29-11+. The minimum atomic E-state index is 0.256. The van der Waals surface area contributed by atoms with Crippen molar-refractivity contribution in [3.8, 4) is 46.7 Å². The number of unbranched alkanes of at least 4 members (excludes halogenated alkanes) is 1. The lowest BCUT2D eigenvalue weighted by Gasteiger charge is -2.25. The summed E-state index contributed by atoms with van der Waals surface area (Å²) in [5.41, 5.74) is 9.77. The molecule has 0 N–H and O–H groups in total. The van der Waals surface area contributed by atoms with Gasteiger partial charge in [-0.3, -0.25) is 4.90 Å². The minimum Gasteiger partial charge on any atom is -0.454 e. The molecule has 246 valence electrons. The van der Waals surface area contributed by atoms with E-state index in [1.807, 2.05) is 18.2 Å². The molecule has 4 aromatic rings. The summed E-state index contributed by atoms with van der Waals surface area (Å²) in [5, 5.41) is 0. The molecule has 1 aromatic heterocycles. The highest BCUT2D eigenvalue weighted by atomic mass is 16.7. The van der Waals surface area contributed by atoms with Crippen molar-refractivity contribution >= 4 is 5.57 Å². The molecule has 7 rings (SSSR count). The highest BCUT2D eigenvalue weighted by Gasteiger charge is 2.24. The average Bonchev–Trinajstić information content (AvgIpc) is 3.91. The van der Waals surface area contributed by atoms with Gasteiger partial charge in [0.15, 0.2) is 23.0 Å². The maximum absolute atomic E-state index is 5.75. The number of fused-ring (bicyclic) bond motifs is 3. The Morgan fingerprint density at radius 1 is 0.875 bits per heavy atom. The van der Waals surface area contributed by atoms with Gasteiger partial charge in [-0.25, -0.2) is 4.98 Å². The lowest BCUT2D eigenvalue weighted by Crippen LogP contribution is -2.25. The Morgan fingerprint density at radius 2 is 1.56 bits per heavy atom. The fourth-order valence-electron chi connectivity index (χ4n) is 6.85. The summed E-state index contributed by atoms with van der Waals surface area (Å²) in [4.78, 5) is 7.92. The van der Waals surface area contributed by atoms with Crippen molar-refractivity contribution in [1.82, 2.24) is 14.5 Å². The summed E-state index contributed by atoms with van der Waals surface area (Å²) < 4.78 is 25.2. The highest BCUT2D eigenvalue weighted by molar-refractivity contribution is 5.69. The van der Waals surface area contributed by atoms with E-state index < -0.39 is 0 Å². The Hall–Kier alpha value is -4.93. The van der Waals surface area contributed by atoms with Crippen LogP contribution in [0.1, 0.15) is 73.2 Å². The molecule has 0 atom stereocenters. The number of aromatic nitrogens is 2. The molecule has 0 saturated carbocycles. The van der Waals surface area contributed by atoms with Crippen LogP contribution in [0.2, 0.25) is 0 Å². The average molecular weight is 642 g/mol. The summed E-state index contributed by atoms with van der Waals surface area (Å²) in [6.07, 6.45) is 18.0. The van der Waals surface area contributed by atoms with Crippen molar-refractivity contribution in [3.63, 3.8) is 0 Å². The summed E-state index contributed by atoms with van der Waals surface area (Å²) in [5.74, 6) is 6.90. The number of rotatable bonds is 13. The molecule has 0 spiro atoms. The summed E-state index contributed by atoms with van der Waals surface area (Å²) in [6.45, 7) is 7.93. The van der Waals surface area contributed by atoms with E-state index in [0.717, 1.165) is 83.4 Å². The van der Waals surface area contributed by atoms with Crippen LogP contribution in [-0.2, 0) is 39.0 Å². The van der Waals surface area contributed by atoms with E-state index in [4.69, 9.17) is 30.4 Å². The van der Waals surface area contributed by atoms with Crippen LogP contribution in [0.15, 0.2) is 72.8 Å². The Labute approximate surface area is 283 Å². The molecule has 3 heterocycles. The molecule has 3 aromatic carbocycles. The van der Waals surface area contributed by atoms with Crippen LogP contribution in [0.5, 0.6) is 23.0 Å². The lowest BCUT2D eigenvalue weighted by molar-refractivity contribution is 0.173. The zero-order valence-corrected chi connectivity index (χ0v) is 28.0. The van der Waals surface area contributed by atoms with Gasteiger partial charge in [0.05, 0.1) is 11.4 Å². The number of hydrogen-bond acceptors (Lipinski definition) is 6. The molecule has 0 bridgehead atoms. The number of aryl methyl sites for hydroxylation is 2. The second-order valence-electron chi connectivity index (χ2n) is 12.8. The number of allylic oxidation sites excluding steroid dienone is 4. The van der Waals surface area contributed by atoms with Crippen molar-refractivity contribution in [2.45, 2.75) is 78.6 Å². The lowest BCUT2D eigenvalue weighted by atomic mass is 10.1. The first-order chi connectivity index (χ1) is 23.6. The second kappa shape index (κ2) is 14.5. The van der Waals surface area contributed by atoms with Crippen LogP contribution in [0.4, 0.5) is 0 Å². The van der Waals surface area contributed by atoms with E-state index >= 15 is 0 Å². The smallest absolute Gasteiger partial charge is 0.231 e. The van der Waals surface area contributed by atoms with Crippen LogP contribution in [0, 0.1) is 12.3 Å². The number of ether oxygens (including phenoxy) is 4. The first kappa shape index (κ1) is 31.7. The highest BCUT2D eigenvalue weighted by Crippen LogP contribution is 2.36. The zero-order valence-electron chi connectivity index (χ0n) is 28.0. The zero-order chi connectivity index (χ0) is 32.9. The van der Waals surface area contributed by atoms with Gasteiger partial charge in [0, 0.05) is 38.2 Å². The van der Waals surface area contributed by atoms with Gasteiger partial charge in [-0.2, -0.15) is 0 Å². The third kappa shape index (κ3) is 6.86. The molecule has 0 radical (unpaired) electrons. The largest absolute Gasteiger partial charge is 0.454 e. The van der Waals surface area contributed by atoms with E-state index in [1.54, 1.807) is 0 Å². The molecule has 7 nitrogen and oxygen atoms in total. The van der Waals surface area contributed by atoms with Crippen LogP contribution in [0.3, 0.4) is 0 Å². The second-order valence-corrected chi connectivity index (χ2v) is 12.8. The van der Waals surface area contributed by atoms with E-state index in [0.29, 0.717) is 26.1 Å². The Morgan fingerprint density at radius 3 is 2.25 bits per heavy atom. The first-order valence-corrected chi connectivity index (χ1v) is 17.1. The van der Waals surface area contributed by atoms with E-state index in [1.165, 1.54) is 28.8 Å². The van der Waals surface area contributed by atoms with Crippen molar-refractivity contribution in [3.05, 3.63) is 106 Å². The molecular formula is C41H43N3O4. The predicted octanol–water partition coefficient (Wildman–Crippen LogP) is 8.48. The van der Waals surface area contributed by atoms with E-state index in [-0.39, 0.29) is 13.6 Å². The molecule has 1 aliphatic carbocycles. The number of hydrogen-bond donors (Lipinski definition) is 0. The Balaban J connectivity index is 1.31. The maximum atomic E-state index is 5.75. The van der Waals surface area contributed by atoms with Gasteiger partial charge in [0.2, 0.25) is 13.6 Å². The van der Waals surface area contributed by atoms with Gasteiger partial charge in [0.25, 0.3) is 0 Å². The number of nitrogens with zero attached hydrogens (tertiary/aromatic N) is 3. The van der Waals surface area contributed by atoms with Crippen LogP contribution in [-0.4, -0.2) is 28.0 Å². The van der Waals surface area contributed by atoms with Gasteiger partial charge < -0.3 is 23.5 Å². The van der Waals surface area contributed by atoms with Crippen molar-refractivity contribution in [2.24, 2.45) is 0 Å². The molecule has 0 unspecified atom stereocenters. The van der Waals surface area contributed by atoms with Gasteiger partial charge in [0.1, 0.15) is 5.82 Å². The Bertz CT molecular complexity index is 1840. The Kier molecular flexibility index (Phi) is 9.53. The molecule has 2 aliphatic heterocycles. The van der Waals surface area contributed by atoms with Crippen LogP contribution in [0.25, 0.3) is 17.0 Å². The molecule has 7 heteroatoms. The summed E-state index contributed by atoms with van der Waals surface area (Å²) in [7, 11) is 0. The predicted molar refractivity (Wildman–Crippen MR) is 189 cm³/mol. The molecule has 0 fully saturated rings.